The van der Waals surface area contributed by atoms with Gasteiger partial charge in [-0.2, -0.15) is 0 Å². The zero-order valence-corrected chi connectivity index (χ0v) is 14.8. The van der Waals surface area contributed by atoms with Crippen LogP contribution in [0.1, 0.15) is 45.1 Å². The van der Waals surface area contributed by atoms with Crippen LogP contribution in [0.4, 0.5) is 4.39 Å². The first-order valence-electron chi connectivity index (χ1n) is 8.99. The fraction of sp³-hybridized carbons (Fsp3) is 0.579. The van der Waals surface area contributed by atoms with Crippen LogP contribution in [-0.2, 0) is 9.63 Å². The normalized spacial score (nSPS) is 26.2. The molecule has 2 aliphatic rings. The van der Waals surface area contributed by atoms with Gasteiger partial charge in [-0.1, -0.05) is 17.3 Å². The molecule has 5 nitrogen and oxygen atoms in total. The van der Waals surface area contributed by atoms with Crippen molar-refractivity contribution in [3.63, 3.8) is 0 Å². The highest BCUT2D eigenvalue weighted by molar-refractivity contribution is 6.01. The van der Waals surface area contributed by atoms with Gasteiger partial charge >= 0.3 is 0 Å². The lowest BCUT2D eigenvalue weighted by atomic mass is 9.74. The Morgan fingerprint density at radius 1 is 1.44 bits per heavy atom. The Bertz CT molecular complexity index is 637. The van der Waals surface area contributed by atoms with E-state index in [2.05, 4.69) is 15.8 Å². The maximum absolute atomic E-state index is 13.1. The first-order chi connectivity index (χ1) is 12.0. The van der Waals surface area contributed by atoms with E-state index in [0.717, 1.165) is 30.7 Å². The second-order valence-corrected chi connectivity index (χ2v) is 7.37. The summed E-state index contributed by atoms with van der Waals surface area (Å²) in [5, 5.41) is 10.6. The van der Waals surface area contributed by atoms with Crippen LogP contribution in [0.15, 0.2) is 29.4 Å². The van der Waals surface area contributed by atoms with Gasteiger partial charge < -0.3 is 15.5 Å². The lowest BCUT2D eigenvalue weighted by Gasteiger charge is -2.38. The first-order valence-corrected chi connectivity index (χ1v) is 8.99. The summed E-state index contributed by atoms with van der Waals surface area (Å²) in [6.45, 7) is 5.56. The Balaban J connectivity index is 1.67. The fourth-order valence-corrected chi connectivity index (χ4v) is 3.63. The Hall–Kier alpha value is -1.95. The maximum atomic E-state index is 13.1. The van der Waals surface area contributed by atoms with Crippen molar-refractivity contribution in [2.45, 2.75) is 51.7 Å². The van der Waals surface area contributed by atoms with Crippen LogP contribution in [0.3, 0.4) is 0 Å². The van der Waals surface area contributed by atoms with E-state index in [0.29, 0.717) is 19.4 Å². The van der Waals surface area contributed by atoms with Crippen LogP contribution in [-0.4, -0.2) is 36.9 Å². The standard InChI is InChI=1S/C19H26FN3O2/c1-13(2)22-18(24)19(8-3-9-21-12-19)11-16-10-17(23-25-16)14-4-6-15(20)7-5-14/h4-7,13,16,21H,3,8-12H2,1-2H3,(H,22,24)/t16-,19+/m0/s1. The Kier molecular flexibility index (Phi) is 5.37. The molecule has 0 spiro atoms. The molecule has 0 bridgehead atoms. The molecule has 1 amide bonds. The topological polar surface area (TPSA) is 62.7 Å². The summed E-state index contributed by atoms with van der Waals surface area (Å²) in [6.07, 6.45) is 2.97. The number of carbonyl (C=O) groups excluding carboxylic acids is 1. The molecule has 0 aliphatic carbocycles. The van der Waals surface area contributed by atoms with Crippen LogP contribution in [0, 0.1) is 11.2 Å². The van der Waals surface area contributed by atoms with Crippen molar-refractivity contribution in [3.8, 4) is 0 Å². The van der Waals surface area contributed by atoms with E-state index in [1.54, 1.807) is 12.1 Å². The quantitative estimate of drug-likeness (QED) is 0.861. The van der Waals surface area contributed by atoms with E-state index in [1.165, 1.54) is 12.1 Å². The Labute approximate surface area is 148 Å². The van der Waals surface area contributed by atoms with Gasteiger partial charge in [0.15, 0.2) is 0 Å². The number of oxime groups is 1. The average Bonchev–Trinajstić information content (AvgIpc) is 3.04. The molecule has 0 radical (unpaired) electrons. The minimum Gasteiger partial charge on any atom is -0.392 e. The molecular formula is C19H26FN3O2. The molecule has 2 aliphatic heterocycles. The van der Waals surface area contributed by atoms with Crippen LogP contribution < -0.4 is 10.6 Å². The van der Waals surface area contributed by atoms with Crippen LogP contribution >= 0.6 is 0 Å². The van der Waals surface area contributed by atoms with Crippen molar-refractivity contribution < 1.29 is 14.0 Å². The second-order valence-electron chi connectivity index (χ2n) is 7.37. The molecule has 6 heteroatoms. The van der Waals surface area contributed by atoms with Crippen LogP contribution in [0.2, 0.25) is 0 Å². The molecule has 0 saturated carbocycles. The SMILES string of the molecule is CC(C)NC(=O)[C@@]1(C[C@@H]2CC(c3ccc(F)cc3)=NO2)CCCNC1. The summed E-state index contributed by atoms with van der Waals surface area (Å²) in [6, 6.07) is 6.38. The van der Waals surface area contributed by atoms with Crippen molar-refractivity contribution in [1.29, 1.82) is 0 Å². The molecule has 0 unspecified atom stereocenters. The van der Waals surface area contributed by atoms with Gasteiger partial charge in [-0.05, 0) is 50.9 Å². The smallest absolute Gasteiger partial charge is 0.227 e. The number of amides is 1. The lowest BCUT2D eigenvalue weighted by Crippen LogP contribution is -2.53. The molecule has 2 atom stereocenters. The maximum Gasteiger partial charge on any atom is 0.227 e. The zero-order valence-electron chi connectivity index (χ0n) is 14.8. The van der Waals surface area contributed by atoms with Crippen molar-refractivity contribution >= 4 is 11.6 Å². The van der Waals surface area contributed by atoms with Crippen molar-refractivity contribution in [1.82, 2.24) is 10.6 Å². The molecule has 0 aromatic heterocycles. The highest BCUT2D eigenvalue weighted by atomic mass is 19.1. The van der Waals surface area contributed by atoms with Gasteiger partial charge in [0.05, 0.1) is 11.1 Å². The number of piperidine rings is 1. The summed E-state index contributed by atoms with van der Waals surface area (Å²) >= 11 is 0. The van der Waals surface area contributed by atoms with Crippen LogP contribution in [0.25, 0.3) is 0 Å². The number of hydrogen-bond acceptors (Lipinski definition) is 4. The number of carbonyl (C=O) groups is 1. The van der Waals surface area contributed by atoms with E-state index in [4.69, 9.17) is 4.84 Å². The highest BCUT2D eigenvalue weighted by Crippen LogP contribution is 2.35. The molecular weight excluding hydrogens is 321 g/mol. The molecule has 1 aromatic carbocycles. The lowest BCUT2D eigenvalue weighted by molar-refractivity contribution is -0.135. The van der Waals surface area contributed by atoms with Gasteiger partial charge in [-0.3, -0.25) is 4.79 Å². The van der Waals surface area contributed by atoms with Gasteiger partial charge in [-0.15, -0.1) is 0 Å². The summed E-state index contributed by atoms with van der Waals surface area (Å²) in [4.78, 5) is 18.4. The minimum atomic E-state index is -0.457. The molecule has 136 valence electrons. The predicted molar refractivity (Wildman–Crippen MR) is 94.9 cm³/mol. The van der Waals surface area contributed by atoms with Gasteiger partial charge in [0, 0.05) is 25.4 Å². The van der Waals surface area contributed by atoms with Gasteiger partial charge in [0.2, 0.25) is 5.91 Å². The fourth-order valence-electron chi connectivity index (χ4n) is 3.63. The Morgan fingerprint density at radius 3 is 2.84 bits per heavy atom. The number of hydrogen-bond donors (Lipinski definition) is 2. The van der Waals surface area contributed by atoms with E-state index in [-0.39, 0.29) is 23.9 Å². The summed E-state index contributed by atoms with van der Waals surface area (Å²) in [5.41, 5.74) is 1.22. The van der Waals surface area contributed by atoms with Crippen molar-refractivity contribution in [3.05, 3.63) is 35.6 Å². The molecule has 3 rings (SSSR count). The second kappa shape index (κ2) is 7.52. The van der Waals surface area contributed by atoms with Crippen molar-refractivity contribution in [2.75, 3.05) is 13.1 Å². The monoisotopic (exact) mass is 347 g/mol. The minimum absolute atomic E-state index is 0.0912. The molecule has 1 fully saturated rings. The third kappa shape index (κ3) is 4.18. The summed E-state index contributed by atoms with van der Waals surface area (Å²) < 4.78 is 13.1. The molecule has 2 heterocycles. The first kappa shape index (κ1) is 17.9. The van der Waals surface area contributed by atoms with E-state index < -0.39 is 5.41 Å². The number of rotatable bonds is 5. The van der Waals surface area contributed by atoms with Crippen LogP contribution in [0.5, 0.6) is 0 Å². The summed E-state index contributed by atoms with van der Waals surface area (Å²) in [5.74, 6) is -0.175. The molecule has 2 N–H and O–H groups in total. The Morgan fingerprint density at radius 2 is 2.20 bits per heavy atom. The van der Waals surface area contributed by atoms with Gasteiger partial charge in [0.1, 0.15) is 11.9 Å². The van der Waals surface area contributed by atoms with E-state index in [1.807, 2.05) is 13.8 Å². The third-order valence-corrected chi connectivity index (χ3v) is 4.90. The van der Waals surface area contributed by atoms with Gasteiger partial charge in [0.25, 0.3) is 0 Å². The largest absolute Gasteiger partial charge is 0.392 e. The molecule has 1 saturated heterocycles. The van der Waals surface area contributed by atoms with E-state index in [9.17, 15) is 9.18 Å². The highest BCUT2D eigenvalue weighted by Gasteiger charge is 2.43. The molecule has 25 heavy (non-hydrogen) atoms. The number of nitrogens with zero attached hydrogens (tertiary/aromatic N) is 1. The third-order valence-electron chi connectivity index (χ3n) is 4.90. The number of nitrogens with one attached hydrogen (secondary N) is 2. The number of halogens is 1. The summed E-state index contributed by atoms with van der Waals surface area (Å²) in [7, 11) is 0. The van der Waals surface area contributed by atoms with E-state index >= 15 is 0 Å². The predicted octanol–water partition coefficient (Wildman–Crippen LogP) is 2.60. The average molecular weight is 347 g/mol. The zero-order chi connectivity index (χ0) is 17.9. The molecule has 1 aromatic rings. The van der Waals surface area contributed by atoms with Gasteiger partial charge in [-0.25, -0.2) is 4.39 Å². The van der Waals surface area contributed by atoms with Crippen molar-refractivity contribution in [2.24, 2.45) is 10.6 Å². The number of benzene rings is 1.